The maximum Gasteiger partial charge on any atom is 1.00 e. The molecular formula is C4H9NaO. The van der Waals surface area contributed by atoms with Crippen LogP contribution in [0.2, 0.25) is 0 Å². The third kappa shape index (κ3) is 8.88. The minimum atomic E-state index is -0.366. The average Bonchev–Trinajstić information content (AvgIpc) is 1.38. The van der Waals surface area contributed by atoms with Gasteiger partial charge < -0.3 is 5.11 Å². The minimum Gasteiger partial charge on any atom is -0.852 e. The second-order valence-electron chi connectivity index (χ2n) is 1.22. The molecule has 0 amide bonds. The van der Waals surface area contributed by atoms with Gasteiger partial charge in [-0.2, -0.15) is 0 Å². The quantitative estimate of drug-likeness (QED) is 0.322. The van der Waals surface area contributed by atoms with E-state index in [0.29, 0.717) is 0 Å². The zero-order valence-electron chi connectivity index (χ0n) is 4.69. The summed E-state index contributed by atoms with van der Waals surface area (Å²) in [6.45, 7) is 3.55. The van der Waals surface area contributed by atoms with Crippen LogP contribution in [0.5, 0.6) is 0 Å². The second kappa shape index (κ2) is 5.96. The largest absolute Gasteiger partial charge is 1.00 e. The Labute approximate surface area is 61.0 Å². The fourth-order valence-corrected chi connectivity index (χ4v) is 0. The van der Waals surface area contributed by atoms with E-state index in [1.165, 1.54) is 0 Å². The first-order valence-electron chi connectivity index (χ1n) is 1.93. The van der Waals surface area contributed by atoms with Crippen molar-refractivity contribution >= 4 is 0 Å². The summed E-state index contributed by atoms with van der Waals surface area (Å²) in [6, 6.07) is 0. The van der Waals surface area contributed by atoms with Gasteiger partial charge in [-0.05, 0) is 0 Å². The summed E-state index contributed by atoms with van der Waals surface area (Å²) in [4.78, 5) is 0. The molecule has 6 heavy (non-hydrogen) atoms. The minimum absolute atomic E-state index is 0. The van der Waals surface area contributed by atoms with Crippen LogP contribution in [0.15, 0.2) is 0 Å². The molecule has 0 heterocycles. The average molecular weight is 96.1 g/mol. The first-order valence-corrected chi connectivity index (χ1v) is 1.93. The van der Waals surface area contributed by atoms with Crippen LogP contribution >= 0.6 is 0 Å². The molecule has 0 spiro atoms. The van der Waals surface area contributed by atoms with Crippen molar-refractivity contribution in [1.29, 1.82) is 0 Å². The topological polar surface area (TPSA) is 23.1 Å². The van der Waals surface area contributed by atoms with Crippen LogP contribution in [0.1, 0.15) is 20.3 Å². The van der Waals surface area contributed by atoms with E-state index in [-0.39, 0.29) is 35.7 Å². The smallest absolute Gasteiger partial charge is 0.852 e. The molecule has 0 aromatic carbocycles. The Morgan fingerprint density at radius 2 is 1.83 bits per heavy atom. The Hall–Kier alpha value is 0.960. The van der Waals surface area contributed by atoms with E-state index in [1.54, 1.807) is 6.92 Å². The molecule has 1 atom stereocenters. The summed E-state index contributed by atoms with van der Waals surface area (Å²) in [7, 11) is 0. The molecule has 0 bridgehead atoms. The molecular weight excluding hydrogens is 87.0 g/mol. The Balaban J connectivity index is 0. The van der Waals surface area contributed by atoms with E-state index in [1.807, 2.05) is 6.92 Å². The van der Waals surface area contributed by atoms with Gasteiger partial charge in [-0.25, -0.2) is 0 Å². The summed E-state index contributed by atoms with van der Waals surface area (Å²) >= 11 is 0. The van der Waals surface area contributed by atoms with Gasteiger partial charge >= 0.3 is 29.6 Å². The zero-order valence-corrected chi connectivity index (χ0v) is 6.69. The van der Waals surface area contributed by atoms with Gasteiger partial charge in [0.25, 0.3) is 0 Å². The maximum atomic E-state index is 9.90. The molecule has 0 saturated carbocycles. The Bertz CT molecular complexity index is 21.5. The predicted octanol–water partition coefficient (Wildman–Crippen LogP) is -2.85. The van der Waals surface area contributed by atoms with Crippen molar-refractivity contribution in [3.05, 3.63) is 0 Å². The van der Waals surface area contributed by atoms with E-state index in [4.69, 9.17) is 0 Å². The van der Waals surface area contributed by atoms with Crippen molar-refractivity contribution in [2.75, 3.05) is 0 Å². The zero-order chi connectivity index (χ0) is 4.28. The van der Waals surface area contributed by atoms with Crippen LogP contribution in [0.25, 0.3) is 0 Å². The summed E-state index contributed by atoms with van der Waals surface area (Å²) < 4.78 is 0. The molecule has 0 saturated heterocycles. The summed E-state index contributed by atoms with van der Waals surface area (Å²) in [5.41, 5.74) is 0. The molecule has 0 aliphatic rings. The van der Waals surface area contributed by atoms with Crippen molar-refractivity contribution in [1.82, 2.24) is 0 Å². The molecule has 0 unspecified atom stereocenters. The monoisotopic (exact) mass is 96.1 g/mol. The first kappa shape index (κ1) is 10.0. The van der Waals surface area contributed by atoms with Gasteiger partial charge in [-0.15, -0.1) is 6.10 Å². The van der Waals surface area contributed by atoms with Crippen LogP contribution in [0.4, 0.5) is 0 Å². The molecule has 0 aromatic heterocycles. The number of rotatable bonds is 1. The maximum absolute atomic E-state index is 9.90. The third-order valence-electron chi connectivity index (χ3n) is 0.575. The van der Waals surface area contributed by atoms with Crippen LogP contribution in [-0.4, -0.2) is 6.10 Å². The Morgan fingerprint density at radius 1 is 1.67 bits per heavy atom. The molecule has 0 radical (unpaired) electrons. The fourth-order valence-electron chi connectivity index (χ4n) is 0. The van der Waals surface area contributed by atoms with E-state index in [9.17, 15) is 5.11 Å². The third-order valence-corrected chi connectivity index (χ3v) is 0.575. The number of hydrogen-bond acceptors (Lipinski definition) is 1. The second-order valence-corrected chi connectivity index (χ2v) is 1.22. The molecule has 0 aliphatic carbocycles. The van der Waals surface area contributed by atoms with E-state index in [0.717, 1.165) is 6.42 Å². The van der Waals surface area contributed by atoms with E-state index < -0.39 is 0 Å². The van der Waals surface area contributed by atoms with Crippen molar-refractivity contribution in [3.8, 4) is 0 Å². The summed E-state index contributed by atoms with van der Waals surface area (Å²) in [5, 5.41) is 9.90. The van der Waals surface area contributed by atoms with Crippen LogP contribution in [0.3, 0.4) is 0 Å². The predicted molar refractivity (Wildman–Crippen MR) is 19.8 cm³/mol. The molecule has 0 N–H and O–H groups in total. The van der Waals surface area contributed by atoms with Gasteiger partial charge in [0.1, 0.15) is 0 Å². The molecule has 32 valence electrons. The molecule has 0 rings (SSSR count). The fraction of sp³-hybridized carbons (Fsp3) is 1.00. The first-order chi connectivity index (χ1) is 2.27. The molecule has 2 heteroatoms. The van der Waals surface area contributed by atoms with Gasteiger partial charge in [-0.3, -0.25) is 0 Å². The van der Waals surface area contributed by atoms with Crippen molar-refractivity contribution in [3.63, 3.8) is 0 Å². The number of hydrogen-bond donors (Lipinski definition) is 0. The summed E-state index contributed by atoms with van der Waals surface area (Å²) in [6.07, 6.45) is 0.384. The molecule has 0 fully saturated rings. The van der Waals surface area contributed by atoms with Crippen molar-refractivity contribution in [2.24, 2.45) is 0 Å². The van der Waals surface area contributed by atoms with Gasteiger partial charge in [0.15, 0.2) is 0 Å². The normalized spacial score (nSPS) is 12.5. The van der Waals surface area contributed by atoms with Gasteiger partial charge in [0.2, 0.25) is 0 Å². The van der Waals surface area contributed by atoms with E-state index >= 15 is 0 Å². The Kier molecular flexibility index (Phi) is 9.98. The van der Waals surface area contributed by atoms with Crippen LogP contribution in [-0.2, 0) is 0 Å². The van der Waals surface area contributed by atoms with Crippen molar-refractivity contribution < 1.29 is 34.7 Å². The van der Waals surface area contributed by atoms with Crippen molar-refractivity contribution in [2.45, 2.75) is 26.4 Å². The molecule has 0 aromatic rings. The summed E-state index contributed by atoms with van der Waals surface area (Å²) in [5.74, 6) is 0. The SMILES string of the molecule is CC[C@H](C)[O-].[Na+]. The van der Waals surface area contributed by atoms with Crippen LogP contribution < -0.4 is 34.7 Å². The van der Waals surface area contributed by atoms with Gasteiger partial charge in [0, 0.05) is 0 Å². The Morgan fingerprint density at radius 3 is 1.83 bits per heavy atom. The van der Waals surface area contributed by atoms with Crippen LogP contribution in [0, 0.1) is 0 Å². The van der Waals surface area contributed by atoms with E-state index in [2.05, 4.69) is 0 Å². The standard InChI is InChI=1S/C4H9O.Na/c1-3-4(2)5;/h4H,3H2,1-2H3;/q-1;+1/t4-;/m0./s1. The van der Waals surface area contributed by atoms with Gasteiger partial charge in [-0.1, -0.05) is 20.3 Å². The van der Waals surface area contributed by atoms with Gasteiger partial charge in [0.05, 0.1) is 0 Å². The molecule has 1 nitrogen and oxygen atoms in total. The molecule has 0 aliphatic heterocycles.